The zero-order valence-corrected chi connectivity index (χ0v) is 11.2. The van der Waals surface area contributed by atoms with E-state index in [1.165, 1.54) is 0 Å². The summed E-state index contributed by atoms with van der Waals surface area (Å²) in [5.74, 6) is 1.98. The van der Waals surface area contributed by atoms with Crippen LogP contribution in [0.15, 0.2) is 18.7 Å². The Morgan fingerprint density at radius 2 is 2.11 bits per heavy atom. The van der Waals surface area contributed by atoms with Crippen LogP contribution in [0.5, 0.6) is 0 Å². The molecule has 0 fully saturated rings. The lowest BCUT2D eigenvalue weighted by Gasteiger charge is -2.11. The molecule has 2 aromatic rings. The number of hydrogen-bond acceptors (Lipinski definition) is 4. The van der Waals surface area contributed by atoms with Gasteiger partial charge in [0.2, 0.25) is 0 Å². The minimum absolute atomic E-state index is 0.322. The summed E-state index contributed by atoms with van der Waals surface area (Å²) in [7, 11) is 0. The Hall–Kier alpha value is -1.69. The van der Waals surface area contributed by atoms with Crippen LogP contribution in [0.4, 0.5) is 0 Å². The molecule has 0 saturated heterocycles. The second-order valence-electron chi connectivity index (χ2n) is 4.47. The van der Waals surface area contributed by atoms with E-state index in [0.717, 1.165) is 24.7 Å². The summed E-state index contributed by atoms with van der Waals surface area (Å²) in [5.41, 5.74) is 0. The fourth-order valence-corrected chi connectivity index (χ4v) is 1.86. The third-order valence-electron chi connectivity index (χ3n) is 2.78. The predicted octanol–water partition coefficient (Wildman–Crippen LogP) is 1.21. The lowest BCUT2D eigenvalue weighted by atomic mass is 10.4. The van der Waals surface area contributed by atoms with E-state index in [1.54, 1.807) is 6.33 Å². The van der Waals surface area contributed by atoms with Gasteiger partial charge in [0.25, 0.3) is 0 Å². The topological polar surface area (TPSA) is 60.6 Å². The molecular weight excluding hydrogens is 228 g/mol. The lowest BCUT2D eigenvalue weighted by molar-refractivity contribution is 0.491. The van der Waals surface area contributed by atoms with Gasteiger partial charge in [0.05, 0.1) is 13.1 Å². The average Bonchev–Trinajstić information content (AvgIpc) is 2.96. The van der Waals surface area contributed by atoms with Crippen molar-refractivity contribution >= 4 is 0 Å². The molecule has 0 aliphatic rings. The molecule has 1 N–H and O–H groups in total. The molecule has 0 aromatic carbocycles. The van der Waals surface area contributed by atoms with Gasteiger partial charge in [-0.25, -0.2) is 14.6 Å². The minimum Gasteiger partial charge on any atom is -0.326 e. The average molecular weight is 248 g/mol. The SMILES string of the molecule is CCNCc1nccn1Cc1ncnn1C(C)C. The number of nitrogens with one attached hydrogen (secondary N) is 1. The molecule has 98 valence electrons. The van der Waals surface area contributed by atoms with Gasteiger partial charge >= 0.3 is 0 Å². The van der Waals surface area contributed by atoms with Gasteiger partial charge in [-0.2, -0.15) is 5.10 Å². The highest BCUT2D eigenvalue weighted by Crippen LogP contribution is 2.08. The fraction of sp³-hybridized carbons (Fsp3) is 0.583. The van der Waals surface area contributed by atoms with Gasteiger partial charge in [-0.05, 0) is 20.4 Å². The quantitative estimate of drug-likeness (QED) is 0.835. The van der Waals surface area contributed by atoms with Crippen LogP contribution in [0, 0.1) is 0 Å². The molecule has 6 heteroatoms. The van der Waals surface area contributed by atoms with Crippen LogP contribution in [0.1, 0.15) is 38.5 Å². The molecule has 0 bridgehead atoms. The molecule has 0 aliphatic carbocycles. The molecule has 0 atom stereocenters. The van der Waals surface area contributed by atoms with Crippen molar-refractivity contribution in [3.8, 4) is 0 Å². The van der Waals surface area contributed by atoms with E-state index in [0.29, 0.717) is 12.6 Å². The van der Waals surface area contributed by atoms with E-state index < -0.39 is 0 Å². The smallest absolute Gasteiger partial charge is 0.147 e. The van der Waals surface area contributed by atoms with Gasteiger partial charge in [0.15, 0.2) is 0 Å². The Morgan fingerprint density at radius 1 is 1.28 bits per heavy atom. The lowest BCUT2D eigenvalue weighted by Crippen LogP contribution is -2.18. The molecule has 6 nitrogen and oxygen atoms in total. The number of nitrogens with zero attached hydrogens (tertiary/aromatic N) is 5. The molecular formula is C12H20N6. The highest BCUT2D eigenvalue weighted by molar-refractivity contribution is 4.97. The summed E-state index contributed by atoms with van der Waals surface area (Å²) in [5, 5.41) is 7.53. The summed E-state index contributed by atoms with van der Waals surface area (Å²) in [6.07, 6.45) is 5.41. The zero-order chi connectivity index (χ0) is 13.0. The van der Waals surface area contributed by atoms with E-state index in [2.05, 4.69) is 45.7 Å². The predicted molar refractivity (Wildman–Crippen MR) is 69.1 cm³/mol. The van der Waals surface area contributed by atoms with Crippen molar-refractivity contribution in [3.63, 3.8) is 0 Å². The van der Waals surface area contributed by atoms with Crippen LogP contribution in [0.25, 0.3) is 0 Å². The van der Waals surface area contributed by atoms with Crippen molar-refractivity contribution in [1.29, 1.82) is 0 Å². The first-order chi connectivity index (χ1) is 8.72. The van der Waals surface area contributed by atoms with E-state index in [4.69, 9.17) is 0 Å². The largest absolute Gasteiger partial charge is 0.326 e. The van der Waals surface area contributed by atoms with Crippen molar-refractivity contribution in [2.45, 2.75) is 39.9 Å². The van der Waals surface area contributed by atoms with Crippen LogP contribution in [-0.2, 0) is 13.1 Å². The standard InChI is InChI=1S/C12H20N6/c1-4-13-7-11-14-5-6-17(11)8-12-15-9-16-18(12)10(2)3/h5-6,9-10,13H,4,7-8H2,1-3H3. The summed E-state index contributed by atoms with van der Waals surface area (Å²) >= 11 is 0. The van der Waals surface area contributed by atoms with Gasteiger partial charge in [0.1, 0.15) is 18.0 Å². The molecule has 2 heterocycles. The maximum absolute atomic E-state index is 4.35. The van der Waals surface area contributed by atoms with Gasteiger partial charge in [0, 0.05) is 18.4 Å². The molecule has 18 heavy (non-hydrogen) atoms. The summed E-state index contributed by atoms with van der Waals surface area (Å²) < 4.78 is 4.04. The maximum Gasteiger partial charge on any atom is 0.147 e. The molecule has 2 aromatic heterocycles. The molecule has 0 saturated carbocycles. The minimum atomic E-state index is 0.322. The van der Waals surface area contributed by atoms with Crippen LogP contribution in [0.3, 0.4) is 0 Å². The number of aromatic nitrogens is 5. The van der Waals surface area contributed by atoms with E-state index in [1.807, 2.05) is 17.1 Å². The van der Waals surface area contributed by atoms with Gasteiger partial charge in [-0.3, -0.25) is 0 Å². The van der Waals surface area contributed by atoms with E-state index in [-0.39, 0.29) is 0 Å². The Morgan fingerprint density at radius 3 is 2.83 bits per heavy atom. The first-order valence-corrected chi connectivity index (χ1v) is 6.31. The van der Waals surface area contributed by atoms with Crippen LogP contribution in [0.2, 0.25) is 0 Å². The summed E-state index contributed by atoms with van der Waals surface area (Å²) in [6.45, 7) is 8.72. The summed E-state index contributed by atoms with van der Waals surface area (Å²) in [4.78, 5) is 8.67. The molecule has 2 rings (SSSR count). The third-order valence-corrected chi connectivity index (χ3v) is 2.78. The Bertz CT molecular complexity index is 484. The number of imidazole rings is 1. The first-order valence-electron chi connectivity index (χ1n) is 6.31. The molecule has 0 radical (unpaired) electrons. The van der Waals surface area contributed by atoms with Crippen LogP contribution >= 0.6 is 0 Å². The maximum atomic E-state index is 4.35. The van der Waals surface area contributed by atoms with Crippen molar-refractivity contribution in [2.75, 3.05) is 6.54 Å². The van der Waals surface area contributed by atoms with Crippen molar-refractivity contribution in [3.05, 3.63) is 30.4 Å². The molecule has 0 spiro atoms. The zero-order valence-electron chi connectivity index (χ0n) is 11.2. The Kier molecular flexibility index (Phi) is 4.09. The van der Waals surface area contributed by atoms with E-state index in [9.17, 15) is 0 Å². The van der Waals surface area contributed by atoms with Crippen molar-refractivity contribution in [1.82, 2.24) is 29.6 Å². The fourth-order valence-electron chi connectivity index (χ4n) is 1.86. The normalized spacial score (nSPS) is 11.3. The summed E-state index contributed by atoms with van der Waals surface area (Å²) in [6, 6.07) is 0.322. The number of hydrogen-bond donors (Lipinski definition) is 1. The first kappa shape index (κ1) is 12.8. The monoisotopic (exact) mass is 248 g/mol. The number of rotatable bonds is 6. The van der Waals surface area contributed by atoms with Crippen molar-refractivity contribution < 1.29 is 0 Å². The van der Waals surface area contributed by atoms with Crippen LogP contribution in [-0.4, -0.2) is 30.9 Å². The molecule has 0 aliphatic heterocycles. The van der Waals surface area contributed by atoms with Gasteiger partial charge < -0.3 is 9.88 Å². The van der Waals surface area contributed by atoms with Gasteiger partial charge in [-0.15, -0.1) is 0 Å². The molecule has 0 amide bonds. The highest BCUT2D eigenvalue weighted by atomic mass is 15.4. The second kappa shape index (κ2) is 5.77. The Balaban J connectivity index is 2.13. The second-order valence-corrected chi connectivity index (χ2v) is 4.47. The van der Waals surface area contributed by atoms with Crippen LogP contribution < -0.4 is 5.32 Å². The van der Waals surface area contributed by atoms with Gasteiger partial charge in [-0.1, -0.05) is 6.92 Å². The highest BCUT2D eigenvalue weighted by Gasteiger charge is 2.10. The van der Waals surface area contributed by atoms with E-state index >= 15 is 0 Å². The third kappa shape index (κ3) is 2.76. The van der Waals surface area contributed by atoms with Crippen molar-refractivity contribution in [2.24, 2.45) is 0 Å². The Labute approximate surface area is 107 Å². The molecule has 0 unspecified atom stereocenters.